The van der Waals surface area contributed by atoms with Crippen LogP contribution in [-0.4, -0.2) is 74.3 Å². The standard InChI is InChI=1S/C63H113N2O7P/c1-7-10-13-16-19-22-25-26-27-28-29-30-31-32-33-34-35-36-37-38-41-43-46-49-52-55-62(66)64-60(59-71-73(68,69)70-58-57-65(4,5)6)61(54-51-48-45-42-39-23-20-17-14-11-8-2)72-63(67)56-53-50-47-44-40-24-21-18-15-12-9-3/h10,13,19,22,26-27,29-30,32-33,35-36,51,54,60-61H,7-9,11-12,14-18,20-21,23-25,28,31,34,37-50,52-53,55-59H2,1-6H3,(H-,64,66,68,69)/p+1/b13-10-,22-19-,27-26-,30-29-,33-32-,36-35-,54-51-. The molecule has 0 aliphatic carbocycles. The summed E-state index contributed by atoms with van der Waals surface area (Å²) in [6, 6.07) is -0.857. The molecule has 0 heterocycles. The van der Waals surface area contributed by atoms with E-state index >= 15 is 0 Å². The van der Waals surface area contributed by atoms with Gasteiger partial charge in [-0.2, -0.15) is 0 Å². The van der Waals surface area contributed by atoms with Gasteiger partial charge in [-0.1, -0.05) is 241 Å². The maximum absolute atomic E-state index is 13.5. The Bertz CT molecular complexity index is 1530. The number of carbonyl (C=O) groups is 2. The Labute approximate surface area is 450 Å². The molecule has 0 aliphatic rings. The van der Waals surface area contributed by atoms with Crippen LogP contribution >= 0.6 is 7.82 Å². The summed E-state index contributed by atoms with van der Waals surface area (Å²) in [5, 5.41) is 3.04. The average molecular weight is 1040 g/mol. The van der Waals surface area contributed by atoms with Crippen LogP contribution in [0.5, 0.6) is 0 Å². The van der Waals surface area contributed by atoms with E-state index in [0.29, 0.717) is 17.4 Å². The number of nitrogens with one attached hydrogen (secondary N) is 1. The lowest BCUT2D eigenvalue weighted by Gasteiger charge is -2.27. The number of ether oxygens (including phenoxy) is 1. The van der Waals surface area contributed by atoms with E-state index in [-0.39, 0.29) is 31.5 Å². The molecule has 3 atom stereocenters. The van der Waals surface area contributed by atoms with E-state index in [0.717, 1.165) is 122 Å². The van der Waals surface area contributed by atoms with Crippen LogP contribution in [0.1, 0.15) is 252 Å². The first-order chi connectivity index (χ1) is 35.4. The minimum Gasteiger partial charge on any atom is -0.456 e. The summed E-state index contributed by atoms with van der Waals surface area (Å²) in [4.78, 5) is 37.6. The van der Waals surface area contributed by atoms with Crippen molar-refractivity contribution in [1.29, 1.82) is 0 Å². The molecule has 1 amide bonds. The number of phosphoric ester groups is 1. The van der Waals surface area contributed by atoms with Crippen molar-refractivity contribution in [1.82, 2.24) is 5.32 Å². The first-order valence-corrected chi connectivity index (χ1v) is 31.4. The number of rotatable bonds is 53. The second-order valence-electron chi connectivity index (χ2n) is 21.1. The third kappa shape index (κ3) is 53.8. The number of quaternary nitrogens is 1. The number of likely N-dealkylation sites (N-methyl/N-ethyl adjacent to an activating group) is 1. The lowest BCUT2D eigenvalue weighted by Crippen LogP contribution is -2.47. The average Bonchev–Trinajstić information content (AvgIpc) is 3.35. The summed E-state index contributed by atoms with van der Waals surface area (Å²) in [7, 11) is 1.48. The Balaban J connectivity index is 5.16. The van der Waals surface area contributed by atoms with Crippen molar-refractivity contribution in [2.24, 2.45) is 0 Å². The van der Waals surface area contributed by atoms with E-state index in [1.54, 1.807) is 0 Å². The number of allylic oxidation sites excluding steroid dienone is 13. The van der Waals surface area contributed by atoms with Crippen LogP contribution < -0.4 is 5.32 Å². The largest absolute Gasteiger partial charge is 0.472 e. The number of hydrogen-bond acceptors (Lipinski definition) is 6. The fourth-order valence-electron chi connectivity index (χ4n) is 8.24. The van der Waals surface area contributed by atoms with Crippen molar-refractivity contribution >= 4 is 19.7 Å². The van der Waals surface area contributed by atoms with Gasteiger partial charge in [0.25, 0.3) is 0 Å². The first-order valence-electron chi connectivity index (χ1n) is 29.9. The molecule has 0 fully saturated rings. The second kappa shape index (κ2) is 52.6. The van der Waals surface area contributed by atoms with Gasteiger partial charge in [-0.3, -0.25) is 18.6 Å². The highest BCUT2D eigenvalue weighted by Crippen LogP contribution is 2.43. The summed E-state index contributed by atoms with van der Waals surface area (Å²) in [6.07, 6.45) is 68.7. The van der Waals surface area contributed by atoms with E-state index in [1.807, 2.05) is 33.3 Å². The minimum atomic E-state index is -4.45. The molecule has 0 bridgehead atoms. The van der Waals surface area contributed by atoms with Gasteiger partial charge in [0.05, 0.1) is 33.8 Å². The third-order valence-corrected chi connectivity index (χ3v) is 13.8. The quantitative estimate of drug-likeness (QED) is 0.0205. The Morgan fingerprint density at radius 3 is 1.32 bits per heavy atom. The molecular weight excluding hydrogens is 928 g/mol. The highest BCUT2D eigenvalue weighted by atomic mass is 31.2. The van der Waals surface area contributed by atoms with Crippen molar-refractivity contribution in [3.8, 4) is 0 Å². The molecule has 2 N–H and O–H groups in total. The Hall–Kier alpha value is -2.81. The smallest absolute Gasteiger partial charge is 0.456 e. The lowest BCUT2D eigenvalue weighted by atomic mass is 10.0. The zero-order valence-corrected chi connectivity index (χ0v) is 49.0. The second-order valence-corrected chi connectivity index (χ2v) is 22.6. The Morgan fingerprint density at radius 2 is 0.877 bits per heavy atom. The van der Waals surface area contributed by atoms with Gasteiger partial charge in [-0.15, -0.1) is 0 Å². The van der Waals surface area contributed by atoms with Crippen LogP contribution in [0.25, 0.3) is 0 Å². The Kier molecular flexibility index (Phi) is 50.6. The molecule has 3 unspecified atom stereocenters. The molecule has 0 aromatic heterocycles. The molecule has 9 nitrogen and oxygen atoms in total. The van der Waals surface area contributed by atoms with Gasteiger partial charge >= 0.3 is 13.8 Å². The molecule has 422 valence electrons. The van der Waals surface area contributed by atoms with E-state index in [2.05, 4.69) is 99.0 Å². The molecule has 0 aromatic carbocycles. The molecule has 0 saturated carbocycles. The molecule has 0 aromatic rings. The van der Waals surface area contributed by atoms with Crippen molar-refractivity contribution in [3.05, 3.63) is 85.1 Å². The van der Waals surface area contributed by atoms with Gasteiger partial charge in [-0.05, 0) is 83.1 Å². The van der Waals surface area contributed by atoms with Crippen molar-refractivity contribution in [2.45, 2.75) is 264 Å². The molecule has 73 heavy (non-hydrogen) atoms. The lowest BCUT2D eigenvalue weighted by molar-refractivity contribution is -0.870. The first kappa shape index (κ1) is 70.2. The summed E-state index contributed by atoms with van der Waals surface area (Å²) < 4.78 is 30.6. The van der Waals surface area contributed by atoms with Crippen LogP contribution in [0.2, 0.25) is 0 Å². The zero-order chi connectivity index (χ0) is 53.6. The fraction of sp³-hybridized carbons (Fsp3) is 0.746. The van der Waals surface area contributed by atoms with E-state index < -0.39 is 20.0 Å². The van der Waals surface area contributed by atoms with Gasteiger partial charge in [0.15, 0.2) is 0 Å². The third-order valence-electron chi connectivity index (χ3n) is 12.8. The van der Waals surface area contributed by atoms with Gasteiger partial charge in [0.1, 0.15) is 19.3 Å². The van der Waals surface area contributed by atoms with Gasteiger partial charge in [-0.25, -0.2) is 4.57 Å². The molecule has 0 aliphatic heterocycles. The topological polar surface area (TPSA) is 111 Å². The Morgan fingerprint density at radius 1 is 0.493 bits per heavy atom. The van der Waals surface area contributed by atoms with E-state index in [9.17, 15) is 19.0 Å². The van der Waals surface area contributed by atoms with E-state index in [4.69, 9.17) is 13.8 Å². The summed E-state index contributed by atoms with van der Waals surface area (Å²) in [6.45, 7) is 6.87. The van der Waals surface area contributed by atoms with E-state index in [1.165, 1.54) is 96.3 Å². The zero-order valence-electron chi connectivity index (χ0n) is 48.1. The maximum Gasteiger partial charge on any atom is 0.472 e. The summed E-state index contributed by atoms with van der Waals surface area (Å²) >= 11 is 0. The summed E-state index contributed by atoms with van der Waals surface area (Å²) in [5.74, 6) is -0.524. The van der Waals surface area contributed by atoms with Gasteiger partial charge in [0.2, 0.25) is 5.91 Å². The molecule has 0 saturated heterocycles. The number of hydrogen-bond donors (Lipinski definition) is 2. The van der Waals surface area contributed by atoms with Crippen LogP contribution in [0.4, 0.5) is 0 Å². The van der Waals surface area contributed by atoms with Crippen LogP contribution in [0, 0.1) is 0 Å². The van der Waals surface area contributed by atoms with Crippen molar-refractivity contribution in [3.63, 3.8) is 0 Å². The van der Waals surface area contributed by atoms with Crippen LogP contribution in [0.15, 0.2) is 85.1 Å². The highest BCUT2D eigenvalue weighted by molar-refractivity contribution is 7.47. The van der Waals surface area contributed by atoms with Crippen molar-refractivity contribution < 1.29 is 37.3 Å². The van der Waals surface area contributed by atoms with Crippen LogP contribution in [0.3, 0.4) is 0 Å². The highest BCUT2D eigenvalue weighted by Gasteiger charge is 2.30. The minimum absolute atomic E-state index is 0.0346. The molecule has 0 spiro atoms. The van der Waals surface area contributed by atoms with Crippen LogP contribution in [-0.2, 0) is 27.9 Å². The molecule has 0 rings (SSSR count). The predicted octanol–water partition coefficient (Wildman–Crippen LogP) is 18.2. The van der Waals surface area contributed by atoms with Crippen molar-refractivity contribution in [2.75, 3.05) is 40.9 Å². The number of nitrogens with zero attached hydrogens (tertiary/aromatic N) is 1. The number of carbonyl (C=O) groups excluding carboxylic acids is 2. The maximum atomic E-state index is 13.5. The number of unbranched alkanes of at least 4 members (excludes halogenated alkanes) is 25. The number of amides is 1. The fourth-order valence-corrected chi connectivity index (χ4v) is 8.97. The number of esters is 1. The predicted molar refractivity (Wildman–Crippen MR) is 314 cm³/mol. The number of phosphoric acid groups is 1. The normalized spacial score (nSPS) is 14.3. The molecule has 10 heteroatoms. The molecule has 0 radical (unpaired) electrons. The van der Waals surface area contributed by atoms with Gasteiger partial charge in [0, 0.05) is 12.8 Å². The van der Waals surface area contributed by atoms with Gasteiger partial charge < -0.3 is 19.4 Å². The monoisotopic (exact) mass is 1040 g/mol. The molecular formula is C63H114N2O7P+. The summed E-state index contributed by atoms with van der Waals surface area (Å²) in [5.41, 5.74) is 0. The SMILES string of the molecule is CC/C=C\C/C=C\C/C=C\C/C=C\C/C=C\C/C=C\CCCCCCCCC(=O)NC(COP(=O)(O)OCC[N+](C)(C)C)C(/C=C\CCCCCCCCCCC)OC(=O)CCCCCCCCCCCCC.